The van der Waals surface area contributed by atoms with Gasteiger partial charge in [0.1, 0.15) is 0 Å². The smallest absolute Gasteiger partial charge is 0.0667 e. The number of nitrogens with zero attached hydrogens (tertiary/aromatic N) is 1. The van der Waals surface area contributed by atoms with Crippen molar-refractivity contribution < 1.29 is 0 Å². The maximum Gasteiger partial charge on any atom is 0.0667 e. The number of rotatable bonds is 1. The van der Waals surface area contributed by atoms with Crippen LogP contribution in [0.2, 0.25) is 0 Å². The fraction of sp³-hybridized carbons (Fsp3) is 0.100. The summed E-state index contributed by atoms with van der Waals surface area (Å²) in [5.74, 6) is 0. The van der Waals surface area contributed by atoms with Crippen molar-refractivity contribution in [3.8, 4) is 0 Å². The zero-order chi connectivity index (χ0) is 8.55. The zero-order valence-electron chi connectivity index (χ0n) is 6.87. The molecule has 0 unspecified atom stereocenters. The first-order chi connectivity index (χ1) is 5.77. The van der Waals surface area contributed by atoms with Crippen LogP contribution in [0.1, 0.15) is 12.6 Å². The van der Waals surface area contributed by atoms with Crippen LogP contribution < -0.4 is 0 Å². The SMILES string of the molecule is C=C(C)c1cc2sccc2cn1. The molecule has 60 valence electrons. The average molecular weight is 175 g/mol. The van der Waals surface area contributed by atoms with Crippen molar-refractivity contribution in [1.82, 2.24) is 4.98 Å². The maximum absolute atomic E-state index is 4.29. The van der Waals surface area contributed by atoms with Gasteiger partial charge in [-0.2, -0.15) is 0 Å². The average Bonchev–Trinajstić information content (AvgIpc) is 2.49. The Morgan fingerprint density at radius 2 is 2.42 bits per heavy atom. The summed E-state index contributed by atoms with van der Waals surface area (Å²) >= 11 is 1.74. The van der Waals surface area contributed by atoms with Crippen molar-refractivity contribution >= 4 is 27.0 Å². The Balaban J connectivity index is 2.68. The Bertz CT molecular complexity index is 428. The van der Waals surface area contributed by atoms with E-state index in [0.29, 0.717) is 0 Å². The second kappa shape index (κ2) is 2.72. The Labute approximate surface area is 75.4 Å². The summed E-state index contributed by atoms with van der Waals surface area (Å²) in [4.78, 5) is 4.29. The molecule has 1 nitrogen and oxygen atoms in total. The van der Waals surface area contributed by atoms with Gasteiger partial charge in [0.2, 0.25) is 0 Å². The predicted molar refractivity (Wildman–Crippen MR) is 54.3 cm³/mol. The van der Waals surface area contributed by atoms with Gasteiger partial charge in [0.05, 0.1) is 5.69 Å². The molecular weight excluding hydrogens is 166 g/mol. The van der Waals surface area contributed by atoms with E-state index in [2.05, 4.69) is 29.1 Å². The van der Waals surface area contributed by atoms with Crippen molar-refractivity contribution in [3.63, 3.8) is 0 Å². The predicted octanol–water partition coefficient (Wildman–Crippen LogP) is 3.33. The minimum atomic E-state index is 0.991. The van der Waals surface area contributed by atoms with Crippen LogP contribution in [0.15, 0.2) is 30.3 Å². The lowest BCUT2D eigenvalue weighted by atomic mass is 10.2. The second-order valence-corrected chi connectivity index (χ2v) is 3.76. The Morgan fingerprint density at radius 1 is 1.58 bits per heavy atom. The van der Waals surface area contributed by atoms with Crippen molar-refractivity contribution in [2.24, 2.45) is 0 Å². The van der Waals surface area contributed by atoms with Crippen LogP contribution in [0.4, 0.5) is 0 Å². The third-order valence-electron chi connectivity index (χ3n) is 1.77. The van der Waals surface area contributed by atoms with Crippen molar-refractivity contribution in [2.75, 3.05) is 0 Å². The molecule has 0 radical (unpaired) electrons. The molecule has 0 N–H and O–H groups in total. The summed E-state index contributed by atoms with van der Waals surface area (Å²) in [5, 5.41) is 3.29. The number of fused-ring (bicyclic) bond motifs is 1. The normalized spacial score (nSPS) is 10.4. The molecule has 0 aliphatic rings. The molecule has 12 heavy (non-hydrogen) atoms. The van der Waals surface area contributed by atoms with Crippen molar-refractivity contribution in [3.05, 3.63) is 36.0 Å². The molecule has 2 rings (SSSR count). The van der Waals surface area contributed by atoms with Crippen molar-refractivity contribution in [2.45, 2.75) is 6.92 Å². The van der Waals surface area contributed by atoms with Gasteiger partial charge in [0.15, 0.2) is 0 Å². The standard InChI is InChI=1S/C10H9NS/c1-7(2)9-5-10-8(6-11-9)3-4-12-10/h3-6H,1H2,2H3. The fourth-order valence-corrected chi connectivity index (χ4v) is 1.89. The summed E-state index contributed by atoms with van der Waals surface area (Å²) in [5.41, 5.74) is 2.01. The van der Waals surface area contributed by atoms with Gasteiger partial charge >= 0.3 is 0 Å². The van der Waals surface area contributed by atoms with Crippen LogP contribution in [0, 0.1) is 0 Å². The number of thiophene rings is 1. The third-order valence-corrected chi connectivity index (χ3v) is 2.65. The van der Waals surface area contributed by atoms with E-state index < -0.39 is 0 Å². The van der Waals surface area contributed by atoms with Gasteiger partial charge in [-0.15, -0.1) is 11.3 Å². The van der Waals surface area contributed by atoms with E-state index in [9.17, 15) is 0 Å². The minimum absolute atomic E-state index is 0.991. The first-order valence-corrected chi connectivity index (χ1v) is 4.64. The summed E-state index contributed by atoms with van der Waals surface area (Å²) in [6, 6.07) is 4.16. The van der Waals surface area contributed by atoms with Crippen LogP contribution >= 0.6 is 11.3 Å². The molecule has 0 spiro atoms. The van der Waals surface area contributed by atoms with Gasteiger partial charge in [0.25, 0.3) is 0 Å². The lowest BCUT2D eigenvalue weighted by Crippen LogP contribution is -1.81. The van der Waals surface area contributed by atoms with E-state index in [-0.39, 0.29) is 0 Å². The quantitative estimate of drug-likeness (QED) is 0.647. The Hall–Kier alpha value is -1.15. The molecule has 0 amide bonds. The molecule has 0 atom stereocenters. The lowest BCUT2D eigenvalue weighted by Gasteiger charge is -1.96. The van der Waals surface area contributed by atoms with Crippen LogP contribution in [0.3, 0.4) is 0 Å². The fourth-order valence-electron chi connectivity index (χ4n) is 1.09. The number of hydrogen-bond acceptors (Lipinski definition) is 2. The van der Waals surface area contributed by atoms with Crippen LogP contribution in [0.5, 0.6) is 0 Å². The number of pyridine rings is 1. The van der Waals surface area contributed by atoms with E-state index >= 15 is 0 Å². The monoisotopic (exact) mass is 175 g/mol. The highest BCUT2D eigenvalue weighted by atomic mass is 32.1. The first kappa shape index (κ1) is 7.50. The molecular formula is C10H9NS. The molecule has 0 aliphatic heterocycles. The molecule has 2 aromatic rings. The molecule has 2 heterocycles. The number of aromatic nitrogens is 1. The van der Waals surface area contributed by atoms with E-state index in [4.69, 9.17) is 0 Å². The van der Waals surface area contributed by atoms with E-state index in [1.165, 1.54) is 10.1 Å². The maximum atomic E-state index is 4.29. The van der Waals surface area contributed by atoms with E-state index in [0.717, 1.165) is 11.3 Å². The first-order valence-electron chi connectivity index (χ1n) is 3.76. The van der Waals surface area contributed by atoms with E-state index in [1.54, 1.807) is 11.3 Å². The van der Waals surface area contributed by atoms with E-state index in [1.807, 2.05) is 13.1 Å². The highest BCUT2D eigenvalue weighted by Crippen LogP contribution is 2.22. The minimum Gasteiger partial charge on any atom is -0.256 e. The van der Waals surface area contributed by atoms with Gasteiger partial charge in [-0.25, -0.2) is 0 Å². The topological polar surface area (TPSA) is 12.9 Å². The molecule has 2 heteroatoms. The molecule has 2 aromatic heterocycles. The zero-order valence-corrected chi connectivity index (χ0v) is 7.69. The molecule has 0 aliphatic carbocycles. The summed E-state index contributed by atoms with van der Waals surface area (Å²) in [7, 11) is 0. The summed E-state index contributed by atoms with van der Waals surface area (Å²) < 4.78 is 1.28. The van der Waals surface area contributed by atoms with Crippen molar-refractivity contribution in [1.29, 1.82) is 0 Å². The molecule has 0 aromatic carbocycles. The van der Waals surface area contributed by atoms with Gasteiger partial charge in [-0.05, 0) is 30.0 Å². The summed E-state index contributed by atoms with van der Waals surface area (Å²) in [6.07, 6.45) is 1.90. The molecule has 0 fully saturated rings. The largest absolute Gasteiger partial charge is 0.256 e. The Morgan fingerprint density at radius 3 is 3.17 bits per heavy atom. The Kier molecular flexibility index (Phi) is 1.70. The number of hydrogen-bond donors (Lipinski definition) is 0. The molecule has 0 saturated carbocycles. The highest BCUT2D eigenvalue weighted by molar-refractivity contribution is 7.17. The van der Waals surface area contributed by atoms with Gasteiger partial charge in [-0.3, -0.25) is 4.98 Å². The highest BCUT2D eigenvalue weighted by Gasteiger charge is 1.98. The van der Waals surface area contributed by atoms with Gasteiger partial charge in [-0.1, -0.05) is 6.58 Å². The molecule has 0 bridgehead atoms. The van der Waals surface area contributed by atoms with Gasteiger partial charge < -0.3 is 0 Å². The molecule has 0 saturated heterocycles. The summed E-state index contributed by atoms with van der Waals surface area (Å²) in [6.45, 7) is 5.83. The van der Waals surface area contributed by atoms with Crippen LogP contribution in [-0.2, 0) is 0 Å². The number of allylic oxidation sites excluding steroid dienone is 1. The lowest BCUT2D eigenvalue weighted by molar-refractivity contribution is 1.30. The van der Waals surface area contributed by atoms with Crippen LogP contribution in [0.25, 0.3) is 15.7 Å². The van der Waals surface area contributed by atoms with Crippen LogP contribution in [-0.4, -0.2) is 4.98 Å². The second-order valence-electron chi connectivity index (χ2n) is 2.81. The third kappa shape index (κ3) is 1.14. The van der Waals surface area contributed by atoms with Gasteiger partial charge in [0, 0.05) is 16.3 Å².